The molecule has 178 valence electrons. The Kier molecular flexibility index (Phi) is 7.85. The highest BCUT2D eigenvalue weighted by Crippen LogP contribution is 2.26. The SMILES string of the molecule is CC(C)(C)C(=O)C(Oc1ccc(Cl)cc1)n1cncn1.COC(=O)Nc1nc2ccccc2[nH]1. The quantitative estimate of drug-likeness (QED) is 0.414. The summed E-state index contributed by atoms with van der Waals surface area (Å²) in [5.41, 5.74) is 1.13. The summed E-state index contributed by atoms with van der Waals surface area (Å²) < 4.78 is 11.6. The van der Waals surface area contributed by atoms with Crippen molar-refractivity contribution in [2.24, 2.45) is 5.41 Å². The summed E-state index contributed by atoms with van der Waals surface area (Å²) >= 11 is 5.83. The van der Waals surface area contributed by atoms with Gasteiger partial charge in [0, 0.05) is 10.4 Å². The molecule has 1 amide bonds. The lowest BCUT2D eigenvalue weighted by atomic mass is 9.90. The maximum Gasteiger partial charge on any atom is 0.413 e. The number of imidazole rings is 1. The van der Waals surface area contributed by atoms with Gasteiger partial charge >= 0.3 is 6.09 Å². The molecule has 1 atom stereocenters. The highest BCUT2D eigenvalue weighted by molar-refractivity contribution is 6.30. The lowest BCUT2D eigenvalue weighted by Gasteiger charge is -2.25. The first-order valence-corrected chi connectivity index (χ1v) is 10.7. The minimum Gasteiger partial charge on any atom is -0.461 e. The molecule has 0 fully saturated rings. The van der Waals surface area contributed by atoms with Gasteiger partial charge in [-0.3, -0.25) is 10.1 Å². The number of carbonyl (C=O) groups is 2. The van der Waals surface area contributed by atoms with Crippen molar-refractivity contribution in [1.29, 1.82) is 0 Å². The van der Waals surface area contributed by atoms with E-state index in [9.17, 15) is 9.59 Å². The zero-order valence-electron chi connectivity index (χ0n) is 19.2. The van der Waals surface area contributed by atoms with Crippen LogP contribution in [0.25, 0.3) is 11.0 Å². The number of ketones is 1. The van der Waals surface area contributed by atoms with Gasteiger partial charge < -0.3 is 14.5 Å². The number of benzene rings is 2. The number of ether oxygens (including phenoxy) is 2. The Balaban J connectivity index is 0.000000202. The topological polar surface area (TPSA) is 124 Å². The molecular formula is C23H25ClN6O4. The molecule has 4 aromatic rings. The van der Waals surface area contributed by atoms with Crippen molar-refractivity contribution in [3.63, 3.8) is 0 Å². The minimum atomic E-state index is -0.848. The van der Waals surface area contributed by atoms with Gasteiger partial charge in [0.1, 0.15) is 18.4 Å². The Bertz CT molecular complexity index is 1200. The van der Waals surface area contributed by atoms with Crippen LogP contribution in [0.3, 0.4) is 0 Å². The second-order valence-electron chi connectivity index (χ2n) is 8.13. The predicted molar refractivity (Wildman–Crippen MR) is 128 cm³/mol. The number of H-pyrrole nitrogens is 1. The maximum atomic E-state index is 12.5. The number of aromatic nitrogens is 5. The van der Waals surface area contributed by atoms with Crippen LogP contribution in [0.15, 0.2) is 61.2 Å². The summed E-state index contributed by atoms with van der Waals surface area (Å²) in [6.07, 6.45) is 1.45. The van der Waals surface area contributed by atoms with Crippen molar-refractivity contribution in [3.05, 3.63) is 66.2 Å². The largest absolute Gasteiger partial charge is 0.461 e. The van der Waals surface area contributed by atoms with Crippen LogP contribution in [0, 0.1) is 5.41 Å². The van der Waals surface area contributed by atoms with Gasteiger partial charge in [-0.1, -0.05) is 44.5 Å². The van der Waals surface area contributed by atoms with Crippen LogP contribution >= 0.6 is 11.6 Å². The Morgan fingerprint density at radius 2 is 1.82 bits per heavy atom. The van der Waals surface area contributed by atoms with E-state index in [4.69, 9.17) is 16.3 Å². The lowest BCUT2D eigenvalue weighted by molar-refractivity contribution is -0.138. The van der Waals surface area contributed by atoms with Crippen molar-refractivity contribution in [1.82, 2.24) is 24.7 Å². The molecule has 0 aliphatic carbocycles. The molecule has 0 saturated heterocycles. The molecule has 4 rings (SSSR count). The first-order chi connectivity index (χ1) is 16.2. The number of halogens is 1. The minimum absolute atomic E-state index is 0.0852. The maximum absolute atomic E-state index is 12.5. The standard InChI is InChI=1S/C14H16ClN3O2.C9H9N3O2/c1-14(2,3)12(19)13(18-9-16-8-17-18)20-11-6-4-10(15)5-7-11;1-14-9(13)12-8-10-6-4-2-3-5-7(6)11-8/h4-9,13H,1-3H3;2-5H,1H3,(H2,10,11,12,13). The summed E-state index contributed by atoms with van der Waals surface area (Å²) in [5, 5.41) is 7.06. The first kappa shape index (κ1) is 24.7. The second-order valence-corrected chi connectivity index (χ2v) is 8.57. The molecular weight excluding hydrogens is 460 g/mol. The van der Waals surface area contributed by atoms with Gasteiger partial charge in [-0.15, -0.1) is 0 Å². The van der Waals surface area contributed by atoms with Gasteiger partial charge in [0.25, 0.3) is 6.23 Å². The monoisotopic (exact) mass is 484 g/mol. The average Bonchev–Trinajstić information content (AvgIpc) is 3.47. The van der Waals surface area contributed by atoms with Crippen LogP contribution in [0.2, 0.25) is 5.02 Å². The number of rotatable bonds is 5. The van der Waals surface area contributed by atoms with Gasteiger partial charge in [0.15, 0.2) is 0 Å². The first-order valence-electron chi connectivity index (χ1n) is 10.3. The van der Waals surface area contributed by atoms with E-state index in [1.54, 1.807) is 24.3 Å². The third-order valence-corrected chi connectivity index (χ3v) is 4.75. The van der Waals surface area contributed by atoms with Crippen LogP contribution < -0.4 is 10.1 Å². The molecule has 2 heterocycles. The molecule has 2 N–H and O–H groups in total. The number of nitrogens with zero attached hydrogens (tertiary/aromatic N) is 4. The fraction of sp³-hybridized carbons (Fsp3) is 0.261. The number of methoxy groups -OCH3 is 1. The van der Waals surface area contributed by atoms with Gasteiger partial charge in [-0.05, 0) is 36.4 Å². The summed E-state index contributed by atoms with van der Waals surface area (Å²) in [6, 6.07) is 14.3. The molecule has 0 aliphatic heterocycles. The van der Waals surface area contributed by atoms with Crippen LogP contribution in [-0.4, -0.2) is 43.7 Å². The molecule has 0 radical (unpaired) electrons. The summed E-state index contributed by atoms with van der Waals surface area (Å²) in [6.45, 7) is 5.51. The van der Waals surface area contributed by atoms with E-state index in [0.29, 0.717) is 16.7 Å². The fourth-order valence-corrected chi connectivity index (χ4v) is 2.86. The molecule has 1 unspecified atom stereocenters. The Hall–Kier alpha value is -3.92. The molecule has 2 aromatic carbocycles. The Morgan fingerprint density at radius 1 is 1.12 bits per heavy atom. The van der Waals surface area contributed by atoms with Crippen molar-refractivity contribution in [2.75, 3.05) is 12.4 Å². The second kappa shape index (κ2) is 10.8. The van der Waals surface area contributed by atoms with Crippen molar-refractivity contribution < 1.29 is 19.1 Å². The number of hydrogen-bond acceptors (Lipinski definition) is 7. The lowest BCUT2D eigenvalue weighted by Crippen LogP contribution is -2.34. The molecule has 0 spiro atoms. The number of Topliss-reactive ketones (excluding diaryl/α,β-unsaturated/α-hetero) is 1. The Labute approximate surface area is 201 Å². The van der Waals surface area contributed by atoms with E-state index in [-0.39, 0.29) is 5.78 Å². The average molecular weight is 485 g/mol. The van der Waals surface area contributed by atoms with E-state index >= 15 is 0 Å². The van der Waals surface area contributed by atoms with E-state index in [1.807, 2.05) is 45.0 Å². The molecule has 10 nitrogen and oxygen atoms in total. The van der Waals surface area contributed by atoms with Gasteiger partial charge in [-0.2, -0.15) is 5.10 Å². The Morgan fingerprint density at radius 3 is 2.41 bits per heavy atom. The normalized spacial score (nSPS) is 11.8. The summed E-state index contributed by atoms with van der Waals surface area (Å²) in [7, 11) is 1.30. The third-order valence-electron chi connectivity index (χ3n) is 4.50. The number of hydrogen-bond donors (Lipinski definition) is 2. The molecule has 2 aromatic heterocycles. The highest BCUT2D eigenvalue weighted by atomic mass is 35.5. The zero-order valence-corrected chi connectivity index (χ0v) is 19.9. The van der Waals surface area contributed by atoms with Gasteiger partial charge in [-0.25, -0.2) is 19.4 Å². The highest BCUT2D eigenvalue weighted by Gasteiger charge is 2.33. The summed E-state index contributed by atoms with van der Waals surface area (Å²) in [4.78, 5) is 34.3. The molecule has 0 bridgehead atoms. The van der Waals surface area contributed by atoms with Crippen molar-refractivity contribution in [3.8, 4) is 5.75 Å². The number of aromatic amines is 1. The number of carbonyl (C=O) groups excluding carboxylic acids is 2. The van der Waals surface area contributed by atoms with Crippen LogP contribution in [0.1, 0.15) is 27.0 Å². The zero-order chi connectivity index (χ0) is 24.7. The summed E-state index contributed by atoms with van der Waals surface area (Å²) in [5.74, 6) is 0.850. The van der Waals surface area contributed by atoms with Crippen LogP contribution in [-0.2, 0) is 9.53 Å². The van der Waals surface area contributed by atoms with Crippen LogP contribution in [0.4, 0.5) is 10.7 Å². The molecule has 0 saturated carbocycles. The van der Waals surface area contributed by atoms with Crippen LogP contribution in [0.5, 0.6) is 5.75 Å². The number of fused-ring (bicyclic) bond motifs is 1. The molecule has 0 aliphatic rings. The van der Waals surface area contributed by atoms with E-state index < -0.39 is 17.7 Å². The van der Waals surface area contributed by atoms with Crippen molar-refractivity contribution in [2.45, 2.75) is 27.0 Å². The number of amides is 1. The number of anilines is 1. The van der Waals surface area contributed by atoms with Crippen molar-refractivity contribution >= 4 is 40.5 Å². The smallest absolute Gasteiger partial charge is 0.413 e. The van der Waals surface area contributed by atoms with Gasteiger partial charge in [0.05, 0.1) is 18.1 Å². The third kappa shape index (κ3) is 6.55. The number of nitrogens with one attached hydrogen (secondary N) is 2. The fourth-order valence-electron chi connectivity index (χ4n) is 2.74. The number of para-hydroxylation sites is 2. The predicted octanol–water partition coefficient (Wildman–Crippen LogP) is 4.87. The van der Waals surface area contributed by atoms with E-state index in [0.717, 1.165) is 11.0 Å². The van der Waals surface area contributed by atoms with E-state index in [1.165, 1.54) is 24.4 Å². The van der Waals surface area contributed by atoms with E-state index in [2.05, 4.69) is 30.1 Å². The molecule has 11 heteroatoms. The molecule has 34 heavy (non-hydrogen) atoms. The van der Waals surface area contributed by atoms with Gasteiger partial charge in [0.2, 0.25) is 11.7 Å².